The van der Waals surface area contributed by atoms with Gasteiger partial charge < -0.3 is 0 Å². The molecular weight excluding hydrogens is 214 g/mol. The van der Waals surface area contributed by atoms with Gasteiger partial charge in [0.05, 0.1) is 5.70 Å². The molecule has 0 unspecified atom stereocenters. The molecule has 0 atom stereocenters. The highest BCUT2D eigenvalue weighted by molar-refractivity contribution is 6.06. The minimum Gasteiger partial charge on any atom is -0.166 e. The summed E-state index contributed by atoms with van der Waals surface area (Å²) in [7, 11) is 0. The summed E-state index contributed by atoms with van der Waals surface area (Å²) < 4.78 is 72.2. The van der Waals surface area contributed by atoms with Gasteiger partial charge >= 0.3 is 12.4 Å². The molecule has 0 bridgehead atoms. The molecule has 1 aliphatic heterocycles. The summed E-state index contributed by atoms with van der Waals surface area (Å²) in [6, 6.07) is 0. The Labute approximate surface area is 74.3 Å². The van der Waals surface area contributed by atoms with E-state index in [-0.39, 0.29) is 0 Å². The Morgan fingerprint density at radius 1 is 0.929 bits per heavy atom. The molecule has 1 heterocycles. The first-order valence-electron chi connectivity index (χ1n) is 3.28. The van der Waals surface area contributed by atoms with Gasteiger partial charge in [-0.05, 0) is 6.92 Å². The largest absolute Gasteiger partial charge is 0.435 e. The zero-order valence-corrected chi connectivity index (χ0v) is 6.66. The van der Waals surface area contributed by atoms with Crippen LogP contribution in [0.4, 0.5) is 26.3 Å². The van der Waals surface area contributed by atoms with E-state index in [0.29, 0.717) is 0 Å². The van der Waals surface area contributed by atoms with Crippen LogP contribution in [0.3, 0.4) is 0 Å². The van der Waals surface area contributed by atoms with Gasteiger partial charge in [0, 0.05) is 0 Å². The fraction of sp³-hybridized carbons (Fsp3) is 0.500. The number of hydrogen-bond donors (Lipinski definition) is 0. The minimum atomic E-state index is -5.13. The third kappa shape index (κ3) is 1.83. The topological polar surface area (TPSA) is 26.5 Å². The van der Waals surface area contributed by atoms with E-state index in [9.17, 15) is 26.3 Å². The first kappa shape index (κ1) is 10.9. The molecule has 0 aromatic carbocycles. The monoisotopic (exact) mass is 217 g/mol. The minimum absolute atomic E-state index is 0.773. The summed E-state index contributed by atoms with van der Waals surface area (Å²) >= 11 is 0. The van der Waals surface area contributed by atoms with Crippen molar-refractivity contribution in [1.29, 1.82) is 0 Å². The SMILES string of the molecule is CC1=C(C(F)(F)F)C(C(F)(F)F)=N[N]1. The first-order valence-corrected chi connectivity index (χ1v) is 3.28. The fourth-order valence-corrected chi connectivity index (χ4v) is 0.934. The smallest absolute Gasteiger partial charge is 0.166 e. The lowest BCUT2D eigenvalue weighted by Gasteiger charge is -2.12. The van der Waals surface area contributed by atoms with E-state index in [1.165, 1.54) is 0 Å². The Hall–Kier alpha value is -1.21. The van der Waals surface area contributed by atoms with Gasteiger partial charge in [-0.3, -0.25) is 0 Å². The molecular formula is C6H3F6N2. The second kappa shape index (κ2) is 2.89. The Kier molecular flexibility index (Phi) is 2.24. The van der Waals surface area contributed by atoms with E-state index in [4.69, 9.17) is 0 Å². The molecule has 0 fully saturated rings. The van der Waals surface area contributed by atoms with E-state index in [0.717, 1.165) is 6.92 Å². The zero-order chi connectivity index (χ0) is 11.1. The fourth-order valence-electron chi connectivity index (χ4n) is 0.934. The van der Waals surface area contributed by atoms with Crippen LogP contribution in [-0.4, -0.2) is 18.1 Å². The average Bonchev–Trinajstić information content (AvgIpc) is 2.27. The second-order valence-corrected chi connectivity index (χ2v) is 2.50. The van der Waals surface area contributed by atoms with Crippen molar-refractivity contribution in [3.8, 4) is 0 Å². The molecule has 1 rings (SSSR count). The summed E-state index contributed by atoms with van der Waals surface area (Å²) in [5.74, 6) is 0. The van der Waals surface area contributed by atoms with Gasteiger partial charge in [-0.25, -0.2) is 0 Å². The van der Waals surface area contributed by atoms with Crippen molar-refractivity contribution in [3.63, 3.8) is 0 Å². The highest BCUT2D eigenvalue weighted by Gasteiger charge is 2.52. The lowest BCUT2D eigenvalue weighted by Crippen LogP contribution is -2.30. The zero-order valence-electron chi connectivity index (χ0n) is 6.66. The van der Waals surface area contributed by atoms with Crippen LogP contribution in [0.5, 0.6) is 0 Å². The van der Waals surface area contributed by atoms with Crippen LogP contribution in [-0.2, 0) is 0 Å². The highest BCUT2D eigenvalue weighted by atomic mass is 19.4. The van der Waals surface area contributed by atoms with Crippen molar-refractivity contribution in [2.24, 2.45) is 5.10 Å². The van der Waals surface area contributed by atoms with Gasteiger partial charge in [0.2, 0.25) is 0 Å². The predicted molar refractivity (Wildman–Crippen MR) is 34.4 cm³/mol. The quantitative estimate of drug-likeness (QED) is 0.557. The van der Waals surface area contributed by atoms with Gasteiger partial charge in [0.15, 0.2) is 5.71 Å². The van der Waals surface area contributed by atoms with Gasteiger partial charge in [-0.2, -0.15) is 31.8 Å². The Balaban J connectivity index is 3.15. The Bertz CT molecular complexity index is 307. The van der Waals surface area contributed by atoms with Crippen LogP contribution in [0.15, 0.2) is 16.4 Å². The maximum absolute atomic E-state index is 12.1. The summed E-state index contributed by atoms with van der Waals surface area (Å²) in [5, 5.41) is 2.46. The summed E-state index contributed by atoms with van der Waals surface area (Å²) in [4.78, 5) is 0. The summed E-state index contributed by atoms with van der Waals surface area (Å²) in [5.41, 5.74) is -1.81. The molecule has 0 saturated heterocycles. The van der Waals surface area contributed by atoms with Crippen molar-refractivity contribution in [1.82, 2.24) is 5.43 Å². The molecule has 0 aromatic heterocycles. The predicted octanol–water partition coefficient (Wildman–Crippen LogP) is 2.36. The standard InChI is InChI=1S/C6H3F6N2/c1-2-3(5(7,8)9)4(14-13-2)6(10,11)12/h1H3. The molecule has 0 saturated carbocycles. The third-order valence-electron chi connectivity index (χ3n) is 1.45. The lowest BCUT2D eigenvalue weighted by molar-refractivity contribution is -0.0965. The first-order chi connectivity index (χ1) is 6.14. The summed E-state index contributed by atoms with van der Waals surface area (Å²) in [6.07, 6.45) is -10.2. The van der Waals surface area contributed by atoms with Crippen molar-refractivity contribution < 1.29 is 26.3 Å². The van der Waals surface area contributed by atoms with E-state index >= 15 is 0 Å². The molecule has 1 aliphatic rings. The van der Waals surface area contributed by atoms with Crippen LogP contribution in [0.25, 0.3) is 0 Å². The molecule has 79 valence electrons. The average molecular weight is 217 g/mol. The molecule has 14 heavy (non-hydrogen) atoms. The Morgan fingerprint density at radius 2 is 1.43 bits per heavy atom. The second-order valence-electron chi connectivity index (χ2n) is 2.50. The molecule has 0 spiro atoms. The van der Waals surface area contributed by atoms with E-state index in [1.54, 1.807) is 0 Å². The number of halogens is 6. The molecule has 1 radical (unpaired) electrons. The van der Waals surface area contributed by atoms with Crippen LogP contribution < -0.4 is 5.43 Å². The van der Waals surface area contributed by atoms with Gasteiger partial charge in [0.1, 0.15) is 5.57 Å². The van der Waals surface area contributed by atoms with Crippen LogP contribution in [0.2, 0.25) is 0 Å². The molecule has 0 aromatic rings. The van der Waals surface area contributed by atoms with Crippen molar-refractivity contribution in [2.75, 3.05) is 0 Å². The number of hydrogen-bond acceptors (Lipinski definition) is 1. The van der Waals surface area contributed by atoms with Crippen molar-refractivity contribution in [2.45, 2.75) is 19.3 Å². The van der Waals surface area contributed by atoms with Gasteiger partial charge in [-0.15, -0.1) is 5.10 Å². The van der Waals surface area contributed by atoms with E-state index in [2.05, 4.69) is 10.5 Å². The van der Waals surface area contributed by atoms with E-state index in [1.807, 2.05) is 0 Å². The summed E-state index contributed by atoms with van der Waals surface area (Å²) in [6.45, 7) is 0.824. The highest BCUT2D eigenvalue weighted by Crippen LogP contribution is 2.37. The van der Waals surface area contributed by atoms with Crippen molar-refractivity contribution >= 4 is 5.71 Å². The lowest BCUT2D eigenvalue weighted by atomic mass is 10.1. The van der Waals surface area contributed by atoms with Gasteiger partial charge in [0.25, 0.3) is 0 Å². The van der Waals surface area contributed by atoms with Crippen LogP contribution >= 0.6 is 0 Å². The number of nitrogens with zero attached hydrogens (tertiary/aromatic N) is 2. The molecule has 0 N–H and O–H groups in total. The number of rotatable bonds is 0. The number of alkyl halides is 6. The maximum atomic E-state index is 12.1. The molecule has 2 nitrogen and oxygen atoms in total. The van der Waals surface area contributed by atoms with Crippen molar-refractivity contribution in [3.05, 3.63) is 11.3 Å². The maximum Gasteiger partial charge on any atom is 0.435 e. The van der Waals surface area contributed by atoms with Crippen LogP contribution in [0.1, 0.15) is 6.92 Å². The molecule has 0 amide bonds. The Morgan fingerprint density at radius 3 is 1.71 bits per heavy atom. The number of allylic oxidation sites excluding steroid dienone is 2. The third-order valence-corrected chi connectivity index (χ3v) is 1.45. The van der Waals surface area contributed by atoms with E-state index < -0.39 is 29.3 Å². The molecule has 0 aliphatic carbocycles. The molecule has 8 heteroatoms. The van der Waals surface area contributed by atoms with Crippen LogP contribution in [0, 0.1) is 0 Å². The van der Waals surface area contributed by atoms with Gasteiger partial charge in [-0.1, -0.05) is 0 Å². The normalized spacial score (nSPS) is 18.4.